The van der Waals surface area contributed by atoms with Gasteiger partial charge in [-0.05, 0) is 42.7 Å². The molecule has 1 aliphatic rings. The highest BCUT2D eigenvalue weighted by Gasteiger charge is 2.10. The van der Waals surface area contributed by atoms with Gasteiger partial charge < -0.3 is 14.8 Å². The Bertz CT molecular complexity index is 1020. The smallest absolute Gasteiger partial charge is 0.244 e. The van der Waals surface area contributed by atoms with Crippen LogP contribution >= 0.6 is 11.3 Å². The first-order chi connectivity index (χ1) is 14.2. The molecule has 0 saturated heterocycles. The van der Waals surface area contributed by atoms with E-state index in [9.17, 15) is 4.79 Å². The Labute approximate surface area is 174 Å². The highest BCUT2D eigenvalue weighted by molar-refractivity contribution is 7.09. The van der Waals surface area contributed by atoms with Gasteiger partial charge in [0, 0.05) is 23.6 Å². The number of fused-ring (bicyclic) bond motifs is 1. The van der Waals surface area contributed by atoms with E-state index in [1.807, 2.05) is 25.1 Å². The summed E-state index contributed by atoms with van der Waals surface area (Å²) in [5.74, 6) is 1.35. The van der Waals surface area contributed by atoms with E-state index in [4.69, 9.17) is 9.47 Å². The van der Waals surface area contributed by atoms with Crippen LogP contribution in [0.15, 0.2) is 53.9 Å². The normalized spacial score (nSPS) is 12.9. The van der Waals surface area contributed by atoms with Crippen molar-refractivity contribution in [1.29, 1.82) is 0 Å². The Hall–Kier alpha value is -3.12. The Morgan fingerprint density at radius 2 is 1.93 bits per heavy atom. The van der Waals surface area contributed by atoms with Crippen LogP contribution in [-0.4, -0.2) is 30.6 Å². The van der Waals surface area contributed by atoms with Crippen LogP contribution < -0.4 is 14.8 Å². The van der Waals surface area contributed by atoms with E-state index in [0.29, 0.717) is 19.8 Å². The van der Waals surface area contributed by atoms with Gasteiger partial charge in [0.1, 0.15) is 13.2 Å². The lowest BCUT2D eigenvalue weighted by Crippen LogP contribution is -2.23. The van der Waals surface area contributed by atoms with E-state index < -0.39 is 0 Å². The van der Waals surface area contributed by atoms with E-state index in [2.05, 4.69) is 39.9 Å². The van der Waals surface area contributed by atoms with Crippen molar-refractivity contribution < 1.29 is 14.3 Å². The van der Waals surface area contributed by atoms with Crippen LogP contribution in [0.3, 0.4) is 0 Å². The highest BCUT2D eigenvalue weighted by Crippen LogP contribution is 2.31. The maximum atomic E-state index is 12.1. The molecule has 0 bridgehead atoms. The summed E-state index contributed by atoms with van der Waals surface area (Å²) in [4.78, 5) is 16.6. The van der Waals surface area contributed by atoms with Crippen LogP contribution in [0.5, 0.6) is 11.5 Å². The van der Waals surface area contributed by atoms with Crippen molar-refractivity contribution in [2.75, 3.05) is 19.8 Å². The number of thiazole rings is 1. The molecule has 4 rings (SSSR count). The van der Waals surface area contributed by atoms with Crippen molar-refractivity contribution in [3.8, 4) is 22.8 Å². The van der Waals surface area contributed by atoms with Crippen LogP contribution in [0.2, 0.25) is 0 Å². The summed E-state index contributed by atoms with van der Waals surface area (Å²) >= 11 is 1.65. The van der Waals surface area contributed by atoms with Crippen molar-refractivity contribution in [2.24, 2.45) is 0 Å². The van der Waals surface area contributed by atoms with Gasteiger partial charge in [-0.1, -0.05) is 30.3 Å². The molecule has 0 fully saturated rings. The maximum absolute atomic E-state index is 12.1. The highest BCUT2D eigenvalue weighted by atomic mass is 32.1. The summed E-state index contributed by atoms with van der Waals surface area (Å²) in [6, 6.07) is 14.0. The minimum absolute atomic E-state index is 0.116. The lowest BCUT2D eigenvalue weighted by molar-refractivity contribution is -0.116. The molecule has 3 aromatic rings. The summed E-state index contributed by atoms with van der Waals surface area (Å²) in [5.41, 5.74) is 4.20. The molecule has 0 spiro atoms. The molecule has 6 heteroatoms. The molecule has 1 aliphatic heterocycles. The van der Waals surface area contributed by atoms with E-state index >= 15 is 0 Å². The van der Waals surface area contributed by atoms with E-state index in [1.165, 1.54) is 5.56 Å². The lowest BCUT2D eigenvalue weighted by atomic mass is 10.1. The van der Waals surface area contributed by atoms with Crippen LogP contribution in [0.25, 0.3) is 17.3 Å². The van der Waals surface area contributed by atoms with Gasteiger partial charge in [0.05, 0.1) is 10.7 Å². The van der Waals surface area contributed by atoms with E-state index in [-0.39, 0.29) is 5.91 Å². The van der Waals surface area contributed by atoms with Crippen LogP contribution in [0, 0.1) is 6.92 Å². The topological polar surface area (TPSA) is 60.5 Å². The number of benzene rings is 2. The van der Waals surface area contributed by atoms with Gasteiger partial charge in [0.2, 0.25) is 5.91 Å². The molecule has 2 heterocycles. The fourth-order valence-corrected chi connectivity index (χ4v) is 3.68. The Balaban J connectivity index is 1.26. The second kappa shape index (κ2) is 8.92. The fraction of sp³-hybridized carbons (Fsp3) is 0.217. The van der Waals surface area contributed by atoms with Crippen LogP contribution in [0.4, 0.5) is 0 Å². The third-order valence-electron chi connectivity index (χ3n) is 4.58. The number of nitrogens with one attached hydrogen (secondary N) is 1. The number of hydrogen-bond acceptors (Lipinski definition) is 5. The second-order valence-corrected chi connectivity index (χ2v) is 7.79. The maximum Gasteiger partial charge on any atom is 0.244 e. The Morgan fingerprint density at radius 3 is 2.69 bits per heavy atom. The van der Waals surface area contributed by atoms with Crippen molar-refractivity contribution in [1.82, 2.24) is 10.3 Å². The Morgan fingerprint density at radius 1 is 1.14 bits per heavy atom. The fourth-order valence-electron chi connectivity index (χ4n) is 3.06. The average Bonchev–Trinajstić information content (AvgIpc) is 3.19. The van der Waals surface area contributed by atoms with Crippen molar-refractivity contribution in [2.45, 2.75) is 13.3 Å². The number of amides is 1. The van der Waals surface area contributed by atoms with Crippen molar-refractivity contribution in [3.63, 3.8) is 0 Å². The molecule has 0 aliphatic carbocycles. The summed E-state index contributed by atoms with van der Waals surface area (Å²) in [6.45, 7) is 3.70. The molecule has 1 N–H and O–H groups in total. The zero-order valence-electron chi connectivity index (χ0n) is 16.2. The van der Waals surface area contributed by atoms with Crippen molar-refractivity contribution in [3.05, 3.63) is 70.1 Å². The first kappa shape index (κ1) is 19.2. The second-order valence-electron chi connectivity index (χ2n) is 6.73. The minimum atomic E-state index is -0.116. The standard InChI is InChI=1S/C23H22N2O3S/c1-16-25-20(15-29-16)19-6-2-17(3-7-19)10-11-24-23(26)9-5-18-4-8-21-22(14-18)28-13-12-27-21/h2-9,14-15H,10-13H2,1H3,(H,24,26)/b9-5-. The first-order valence-electron chi connectivity index (χ1n) is 9.54. The monoisotopic (exact) mass is 406 g/mol. The molecular weight excluding hydrogens is 384 g/mol. The quantitative estimate of drug-likeness (QED) is 0.622. The predicted octanol–water partition coefficient (Wildman–Crippen LogP) is 4.26. The molecule has 2 aromatic carbocycles. The van der Waals surface area contributed by atoms with E-state index in [0.717, 1.165) is 39.7 Å². The number of aryl methyl sites for hydroxylation is 1. The molecule has 0 atom stereocenters. The van der Waals surface area contributed by atoms with Crippen LogP contribution in [0.1, 0.15) is 16.1 Å². The van der Waals surface area contributed by atoms with Gasteiger partial charge in [0.15, 0.2) is 11.5 Å². The number of carbonyl (C=O) groups is 1. The number of hydrogen-bond donors (Lipinski definition) is 1. The summed E-state index contributed by atoms with van der Waals surface area (Å²) in [7, 11) is 0. The molecule has 0 saturated carbocycles. The zero-order valence-corrected chi connectivity index (χ0v) is 17.0. The van der Waals surface area contributed by atoms with Gasteiger partial charge in [-0.3, -0.25) is 4.79 Å². The molecule has 0 radical (unpaired) electrons. The molecule has 148 valence electrons. The van der Waals surface area contributed by atoms with E-state index in [1.54, 1.807) is 23.5 Å². The summed E-state index contributed by atoms with van der Waals surface area (Å²) in [5, 5.41) is 6.05. The minimum Gasteiger partial charge on any atom is -0.486 e. The van der Waals surface area contributed by atoms with Crippen molar-refractivity contribution >= 4 is 23.3 Å². The molecular formula is C23H22N2O3S. The molecule has 5 nitrogen and oxygen atoms in total. The SMILES string of the molecule is Cc1nc(-c2ccc(CCNC(=O)/C=C\c3ccc4c(c3)OCCO4)cc2)cs1. The summed E-state index contributed by atoms with van der Waals surface area (Å²) in [6.07, 6.45) is 4.09. The largest absolute Gasteiger partial charge is 0.486 e. The number of aromatic nitrogens is 1. The number of carbonyl (C=O) groups excluding carboxylic acids is 1. The molecule has 29 heavy (non-hydrogen) atoms. The summed E-state index contributed by atoms with van der Waals surface area (Å²) < 4.78 is 11.1. The number of nitrogens with zero attached hydrogens (tertiary/aromatic N) is 1. The van der Waals surface area contributed by atoms with Gasteiger partial charge in [-0.2, -0.15) is 0 Å². The first-order valence-corrected chi connectivity index (χ1v) is 10.4. The van der Waals surface area contributed by atoms with Gasteiger partial charge in [-0.15, -0.1) is 11.3 Å². The van der Waals surface area contributed by atoms with Gasteiger partial charge in [-0.25, -0.2) is 4.98 Å². The average molecular weight is 407 g/mol. The molecule has 1 aromatic heterocycles. The zero-order chi connectivity index (χ0) is 20.1. The van der Waals surface area contributed by atoms with Gasteiger partial charge in [0.25, 0.3) is 0 Å². The van der Waals surface area contributed by atoms with Gasteiger partial charge >= 0.3 is 0 Å². The third-order valence-corrected chi connectivity index (χ3v) is 5.35. The predicted molar refractivity (Wildman–Crippen MR) is 115 cm³/mol. The number of rotatable bonds is 6. The molecule has 1 amide bonds. The molecule has 0 unspecified atom stereocenters. The lowest BCUT2D eigenvalue weighted by Gasteiger charge is -2.18. The Kier molecular flexibility index (Phi) is 5.91. The number of ether oxygens (including phenoxy) is 2. The van der Waals surface area contributed by atoms with Crippen LogP contribution in [-0.2, 0) is 11.2 Å². The third kappa shape index (κ3) is 5.03.